The summed E-state index contributed by atoms with van der Waals surface area (Å²) in [6.07, 6.45) is 5.87. The summed E-state index contributed by atoms with van der Waals surface area (Å²) >= 11 is 0. The van der Waals surface area contributed by atoms with Crippen LogP contribution in [0.2, 0.25) is 0 Å². The van der Waals surface area contributed by atoms with Crippen molar-refractivity contribution in [2.75, 3.05) is 20.6 Å². The Bertz CT molecular complexity index is 1330. The van der Waals surface area contributed by atoms with Gasteiger partial charge < -0.3 is 15.3 Å². The Morgan fingerprint density at radius 3 is 2.76 bits per heavy atom. The Morgan fingerprint density at radius 2 is 2.00 bits per heavy atom. The maximum Gasteiger partial charge on any atom is 0.124 e. The zero-order valence-corrected chi connectivity index (χ0v) is 20.8. The van der Waals surface area contributed by atoms with Crippen LogP contribution in [0.3, 0.4) is 0 Å². The minimum absolute atomic E-state index is 0.281. The summed E-state index contributed by atoms with van der Waals surface area (Å²) < 4.78 is 0. The smallest absolute Gasteiger partial charge is 0.124 e. The van der Waals surface area contributed by atoms with Gasteiger partial charge in [-0.25, -0.2) is 9.97 Å². The molecule has 2 aromatic carbocycles. The first kappa shape index (κ1) is 21.8. The van der Waals surface area contributed by atoms with Crippen molar-refractivity contribution in [1.82, 2.24) is 30.2 Å². The second-order valence-corrected chi connectivity index (χ2v) is 10.4. The molecule has 4 unspecified atom stereocenters. The van der Waals surface area contributed by atoms with Gasteiger partial charge in [-0.05, 0) is 100.0 Å². The molecule has 2 aromatic heterocycles. The molecule has 2 fully saturated rings. The number of nitrogens with one attached hydrogen (secondary N) is 3. The monoisotopic (exact) mass is 456 g/mol. The number of imidazole rings is 2. The Kier molecular flexibility index (Phi) is 5.46. The van der Waals surface area contributed by atoms with E-state index in [1.807, 2.05) is 7.05 Å². The molecule has 1 saturated carbocycles. The molecule has 0 bridgehead atoms. The molecule has 1 aliphatic carbocycles. The molecule has 6 rings (SSSR count). The number of benzene rings is 2. The normalized spacial score (nSPS) is 23.8. The molecule has 6 heteroatoms. The van der Waals surface area contributed by atoms with E-state index in [1.165, 1.54) is 41.5 Å². The first-order valence-electron chi connectivity index (χ1n) is 12.9. The standard InChI is InChI=1S/C28H36N6/c1-5-7-23(29-3)27-31-22-12-10-18(16(2)26(22)33-27)20-15-19(20)17-9-11-21-24(14-17)32-28(30-21)25-8-6-13-34(25)4/h9-12,14,19-20,23,25,29H,5-8,13,15H2,1-4H3,(H,30,32)(H,31,33). The number of rotatable bonds is 7. The number of nitrogens with zero attached hydrogens (tertiary/aromatic N) is 3. The fraction of sp³-hybridized carbons (Fsp3) is 0.500. The van der Waals surface area contributed by atoms with Crippen LogP contribution in [0.25, 0.3) is 22.1 Å². The second-order valence-electron chi connectivity index (χ2n) is 10.4. The number of likely N-dealkylation sites (tertiary alicyclic amines) is 1. The van der Waals surface area contributed by atoms with Crippen molar-refractivity contribution in [3.05, 3.63) is 58.7 Å². The molecule has 4 atom stereocenters. The van der Waals surface area contributed by atoms with Crippen molar-refractivity contribution in [2.24, 2.45) is 0 Å². The molecule has 0 amide bonds. The van der Waals surface area contributed by atoms with Crippen molar-refractivity contribution in [2.45, 2.75) is 69.9 Å². The lowest BCUT2D eigenvalue weighted by molar-refractivity contribution is 0.307. The third-order valence-corrected chi connectivity index (χ3v) is 8.20. The number of aromatic amines is 2. The van der Waals surface area contributed by atoms with Gasteiger partial charge in [0.2, 0.25) is 0 Å². The number of aromatic nitrogens is 4. The number of aryl methyl sites for hydroxylation is 1. The maximum absolute atomic E-state index is 5.02. The van der Waals surface area contributed by atoms with Gasteiger partial charge in [0, 0.05) is 0 Å². The summed E-state index contributed by atoms with van der Waals surface area (Å²) in [6, 6.07) is 12.1. The van der Waals surface area contributed by atoms with E-state index >= 15 is 0 Å². The molecule has 1 aliphatic heterocycles. The Morgan fingerprint density at radius 1 is 1.12 bits per heavy atom. The number of fused-ring (bicyclic) bond motifs is 2. The van der Waals surface area contributed by atoms with E-state index in [1.54, 1.807) is 0 Å². The van der Waals surface area contributed by atoms with Crippen LogP contribution in [0.1, 0.15) is 91.3 Å². The molecule has 3 heterocycles. The van der Waals surface area contributed by atoms with Crippen LogP contribution >= 0.6 is 0 Å². The van der Waals surface area contributed by atoms with Gasteiger partial charge >= 0.3 is 0 Å². The molecule has 178 valence electrons. The van der Waals surface area contributed by atoms with Crippen molar-refractivity contribution in [3.63, 3.8) is 0 Å². The van der Waals surface area contributed by atoms with Gasteiger partial charge in [-0.15, -0.1) is 0 Å². The Balaban J connectivity index is 1.26. The highest BCUT2D eigenvalue weighted by molar-refractivity contribution is 5.81. The molecular formula is C28H36N6. The molecule has 2 aliphatic rings. The van der Waals surface area contributed by atoms with E-state index < -0.39 is 0 Å². The number of H-pyrrole nitrogens is 2. The van der Waals surface area contributed by atoms with Crippen LogP contribution < -0.4 is 5.32 Å². The summed E-state index contributed by atoms with van der Waals surface area (Å²) in [5, 5.41) is 3.41. The molecule has 1 saturated heterocycles. The van der Waals surface area contributed by atoms with E-state index in [9.17, 15) is 0 Å². The zero-order chi connectivity index (χ0) is 23.4. The molecule has 6 nitrogen and oxygen atoms in total. The van der Waals surface area contributed by atoms with E-state index in [0.717, 1.165) is 47.6 Å². The van der Waals surface area contributed by atoms with E-state index in [-0.39, 0.29) is 6.04 Å². The van der Waals surface area contributed by atoms with Gasteiger partial charge in [0.25, 0.3) is 0 Å². The zero-order valence-electron chi connectivity index (χ0n) is 20.8. The highest BCUT2D eigenvalue weighted by Crippen LogP contribution is 2.56. The highest BCUT2D eigenvalue weighted by Gasteiger charge is 2.41. The third-order valence-electron chi connectivity index (χ3n) is 8.20. The molecule has 3 N–H and O–H groups in total. The molecule has 4 aromatic rings. The van der Waals surface area contributed by atoms with Crippen LogP contribution in [-0.2, 0) is 0 Å². The second kappa shape index (κ2) is 8.51. The third kappa shape index (κ3) is 3.64. The Hall–Kier alpha value is -2.70. The summed E-state index contributed by atoms with van der Waals surface area (Å²) in [6.45, 7) is 5.62. The SMILES string of the molecule is CCCC(NC)c1nc2c(C)c(C3CC3c3ccc4nc(C5CCCN5C)[nH]c4c3)ccc2[nH]1. The quantitative estimate of drug-likeness (QED) is 0.326. The summed E-state index contributed by atoms with van der Waals surface area (Å²) in [5.74, 6) is 3.32. The first-order valence-corrected chi connectivity index (χ1v) is 12.9. The average Bonchev–Trinajstić information content (AvgIpc) is 3.14. The van der Waals surface area contributed by atoms with Gasteiger partial charge in [0.15, 0.2) is 0 Å². The van der Waals surface area contributed by atoms with Crippen LogP contribution in [0, 0.1) is 6.92 Å². The van der Waals surface area contributed by atoms with Crippen LogP contribution in [0.5, 0.6) is 0 Å². The maximum atomic E-state index is 5.02. The first-order chi connectivity index (χ1) is 16.6. The minimum atomic E-state index is 0.281. The van der Waals surface area contributed by atoms with Crippen LogP contribution in [0.4, 0.5) is 0 Å². The summed E-state index contributed by atoms with van der Waals surface area (Å²) in [7, 11) is 4.22. The predicted octanol–water partition coefficient (Wildman–Crippen LogP) is 5.85. The van der Waals surface area contributed by atoms with Gasteiger partial charge in [-0.2, -0.15) is 0 Å². The summed E-state index contributed by atoms with van der Waals surface area (Å²) in [4.78, 5) is 19.5. The van der Waals surface area contributed by atoms with Crippen molar-refractivity contribution < 1.29 is 0 Å². The van der Waals surface area contributed by atoms with Crippen molar-refractivity contribution >= 4 is 22.1 Å². The van der Waals surface area contributed by atoms with E-state index in [4.69, 9.17) is 9.97 Å². The minimum Gasteiger partial charge on any atom is -0.341 e. The number of hydrogen-bond donors (Lipinski definition) is 3. The van der Waals surface area contributed by atoms with Crippen molar-refractivity contribution in [3.8, 4) is 0 Å². The van der Waals surface area contributed by atoms with Gasteiger partial charge in [-0.3, -0.25) is 4.90 Å². The van der Waals surface area contributed by atoms with Gasteiger partial charge in [0.05, 0.1) is 34.2 Å². The largest absolute Gasteiger partial charge is 0.341 e. The molecular weight excluding hydrogens is 420 g/mol. The lowest BCUT2D eigenvalue weighted by atomic mass is 9.99. The molecule has 0 spiro atoms. The van der Waals surface area contributed by atoms with E-state index in [2.05, 4.69) is 71.4 Å². The van der Waals surface area contributed by atoms with Gasteiger partial charge in [0.1, 0.15) is 11.6 Å². The fourth-order valence-electron chi connectivity index (χ4n) is 6.12. The molecule has 34 heavy (non-hydrogen) atoms. The lowest BCUT2D eigenvalue weighted by Crippen LogP contribution is -2.18. The lowest BCUT2D eigenvalue weighted by Gasteiger charge is -2.16. The number of hydrogen-bond acceptors (Lipinski definition) is 4. The van der Waals surface area contributed by atoms with Crippen LogP contribution in [0.15, 0.2) is 30.3 Å². The van der Waals surface area contributed by atoms with Crippen molar-refractivity contribution in [1.29, 1.82) is 0 Å². The van der Waals surface area contributed by atoms with E-state index in [0.29, 0.717) is 17.9 Å². The Labute approximate surface area is 201 Å². The average molecular weight is 457 g/mol. The highest BCUT2D eigenvalue weighted by atomic mass is 15.2. The van der Waals surface area contributed by atoms with Crippen LogP contribution in [-0.4, -0.2) is 45.5 Å². The fourth-order valence-corrected chi connectivity index (χ4v) is 6.12. The van der Waals surface area contributed by atoms with Gasteiger partial charge in [-0.1, -0.05) is 25.5 Å². The summed E-state index contributed by atoms with van der Waals surface area (Å²) in [5.41, 5.74) is 8.74. The topological polar surface area (TPSA) is 72.6 Å². The molecule has 0 radical (unpaired) electrons. The predicted molar refractivity (Wildman–Crippen MR) is 138 cm³/mol.